The maximum Gasteiger partial charge on any atom is 0.0718 e. The summed E-state index contributed by atoms with van der Waals surface area (Å²) in [4.78, 5) is 2.47. The van der Waals surface area contributed by atoms with E-state index < -0.39 is 5.60 Å². The average molecular weight is 198 g/mol. The Labute approximate surface area is 86.5 Å². The fourth-order valence-corrected chi connectivity index (χ4v) is 2.86. The van der Waals surface area contributed by atoms with E-state index >= 15 is 0 Å². The molecule has 2 fully saturated rings. The Morgan fingerprint density at radius 3 is 2.93 bits per heavy atom. The van der Waals surface area contributed by atoms with E-state index in [1.165, 1.54) is 19.4 Å². The molecule has 2 aliphatic rings. The number of hydrogen-bond acceptors (Lipinski definition) is 3. The van der Waals surface area contributed by atoms with Crippen LogP contribution in [0.15, 0.2) is 0 Å². The molecule has 2 N–H and O–H groups in total. The van der Waals surface area contributed by atoms with Crippen molar-refractivity contribution in [3.63, 3.8) is 0 Å². The molecule has 0 aromatic rings. The number of fused-ring (bicyclic) bond motifs is 1. The van der Waals surface area contributed by atoms with Gasteiger partial charge in [-0.1, -0.05) is 0 Å². The van der Waals surface area contributed by atoms with Crippen LogP contribution in [-0.2, 0) is 0 Å². The van der Waals surface area contributed by atoms with E-state index in [0.717, 1.165) is 25.6 Å². The molecule has 0 radical (unpaired) electrons. The van der Waals surface area contributed by atoms with Gasteiger partial charge < -0.3 is 10.4 Å². The van der Waals surface area contributed by atoms with Crippen molar-refractivity contribution in [2.75, 3.05) is 26.2 Å². The number of β-amino-alcohol motifs (C(OH)–C–C–N with tert-alkyl or cyclic N) is 1. The number of piperidine rings is 1. The Bertz CT molecular complexity index is 200. The minimum atomic E-state index is -0.551. The summed E-state index contributed by atoms with van der Waals surface area (Å²) in [6, 6.07) is 0.676. The fraction of sp³-hybridized carbons (Fsp3) is 1.00. The van der Waals surface area contributed by atoms with Crippen molar-refractivity contribution < 1.29 is 5.11 Å². The van der Waals surface area contributed by atoms with Crippen LogP contribution >= 0.6 is 0 Å². The third kappa shape index (κ3) is 2.27. The Hall–Kier alpha value is -0.120. The lowest BCUT2D eigenvalue weighted by Crippen LogP contribution is -2.50. The molecule has 3 heteroatoms. The highest BCUT2D eigenvalue weighted by molar-refractivity contribution is 4.93. The first-order valence-electron chi connectivity index (χ1n) is 5.73. The number of hydrogen-bond donors (Lipinski definition) is 2. The first-order valence-corrected chi connectivity index (χ1v) is 5.73. The Balaban J connectivity index is 1.97. The second-order valence-corrected chi connectivity index (χ2v) is 5.41. The van der Waals surface area contributed by atoms with Crippen LogP contribution in [0.1, 0.15) is 26.7 Å². The standard InChI is InChI=1S/C11H22N2O/c1-11(2,14)8-13-5-3-4-9-6-12-7-10(9)13/h9-10,12,14H,3-8H2,1-2H3. The minimum absolute atomic E-state index is 0.551. The van der Waals surface area contributed by atoms with Crippen LogP contribution in [-0.4, -0.2) is 47.8 Å². The van der Waals surface area contributed by atoms with E-state index in [2.05, 4.69) is 10.2 Å². The molecule has 2 unspecified atom stereocenters. The van der Waals surface area contributed by atoms with E-state index in [4.69, 9.17) is 0 Å². The summed E-state index contributed by atoms with van der Waals surface area (Å²) in [5.41, 5.74) is -0.551. The maximum absolute atomic E-state index is 9.83. The van der Waals surface area contributed by atoms with Crippen LogP contribution in [0.5, 0.6) is 0 Å². The first kappa shape index (κ1) is 10.4. The van der Waals surface area contributed by atoms with Gasteiger partial charge in [-0.3, -0.25) is 4.90 Å². The lowest BCUT2D eigenvalue weighted by Gasteiger charge is -2.39. The third-order valence-electron chi connectivity index (χ3n) is 3.38. The molecular weight excluding hydrogens is 176 g/mol. The lowest BCUT2D eigenvalue weighted by atomic mass is 9.91. The Morgan fingerprint density at radius 1 is 1.43 bits per heavy atom. The van der Waals surface area contributed by atoms with Gasteiger partial charge in [-0.15, -0.1) is 0 Å². The van der Waals surface area contributed by atoms with Crippen molar-refractivity contribution in [3.8, 4) is 0 Å². The Kier molecular flexibility index (Phi) is 2.82. The average Bonchev–Trinajstić information content (AvgIpc) is 2.49. The van der Waals surface area contributed by atoms with Crippen LogP contribution in [0.25, 0.3) is 0 Å². The number of nitrogens with zero attached hydrogens (tertiary/aromatic N) is 1. The molecule has 0 saturated carbocycles. The van der Waals surface area contributed by atoms with Crippen molar-refractivity contribution in [2.45, 2.75) is 38.3 Å². The maximum atomic E-state index is 9.83. The number of likely N-dealkylation sites (tertiary alicyclic amines) is 1. The highest BCUT2D eigenvalue weighted by atomic mass is 16.3. The van der Waals surface area contributed by atoms with Crippen molar-refractivity contribution in [3.05, 3.63) is 0 Å². The highest BCUT2D eigenvalue weighted by Crippen LogP contribution is 2.27. The molecule has 2 saturated heterocycles. The quantitative estimate of drug-likeness (QED) is 0.676. The molecule has 0 aromatic carbocycles. The Morgan fingerprint density at radius 2 is 2.21 bits per heavy atom. The summed E-state index contributed by atoms with van der Waals surface area (Å²) in [5, 5.41) is 13.3. The highest BCUT2D eigenvalue weighted by Gasteiger charge is 2.36. The van der Waals surface area contributed by atoms with E-state index in [0.29, 0.717) is 6.04 Å². The van der Waals surface area contributed by atoms with E-state index in [9.17, 15) is 5.11 Å². The van der Waals surface area contributed by atoms with Gasteiger partial charge in [-0.05, 0) is 45.7 Å². The van der Waals surface area contributed by atoms with Crippen LogP contribution < -0.4 is 5.32 Å². The summed E-state index contributed by atoms with van der Waals surface area (Å²) >= 11 is 0. The zero-order chi connectivity index (χ0) is 10.2. The van der Waals surface area contributed by atoms with Gasteiger partial charge in [0, 0.05) is 19.1 Å². The van der Waals surface area contributed by atoms with E-state index in [1.807, 2.05) is 13.8 Å². The van der Waals surface area contributed by atoms with Crippen molar-refractivity contribution in [1.29, 1.82) is 0 Å². The van der Waals surface area contributed by atoms with Gasteiger partial charge in [0.25, 0.3) is 0 Å². The van der Waals surface area contributed by atoms with E-state index in [1.54, 1.807) is 0 Å². The van der Waals surface area contributed by atoms with Gasteiger partial charge in [0.15, 0.2) is 0 Å². The van der Waals surface area contributed by atoms with Gasteiger partial charge in [0.2, 0.25) is 0 Å². The summed E-state index contributed by atoms with van der Waals surface area (Å²) < 4.78 is 0. The molecule has 3 nitrogen and oxygen atoms in total. The molecule has 2 atom stereocenters. The number of nitrogens with one attached hydrogen (secondary N) is 1. The van der Waals surface area contributed by atoms with Gasteiger partial charge >= 0.3 is 0 Å². The second kappa shape index (κ2) is 3.80. The zero-order valence-corrected chi connectivity index (χ0v) is 9.29. The van der Waals surface area contributed by atoms with Crippen LogP contribution in [0.2, 0.25) is 0 Å². The summed E-state index contributed by atoms with van der Waals surface area (Å²) in [7, 11) is 0. The topological polar surface area (TPSA) is 35.5 Å². The lowest BCUT2D eigenvalue weighted by molar-refractivity contribution is 0.00463. The summed E-state index contributed by atoms with van der Waals surface area (Å²) in [6.07, 6.45) is 2.65. The molecule has 0 bridgehead atoms. The molecule has 2 heterocycles. The molecule has 0 aromatic heterocycles. The molecule has 0 aliphatic carbocycles. The van der Waals surface area contributed by atoms with Crippen LogP contribution in [0.3, 0.4) is 0 Å². The smallest absolute Gasteiger partial charge is 0.0718 e. The molecule has 2 aliphatic heterocycles. The van der Waals surface area contributed by atoms with Gasteiger partial charge in [0.05, 0.1) is 5.60 Å². The van der Waals surface area contributed by atoms with Gasteiger partial charge in [0.1, 0.15) is 0 Å². The minimum Gasteiger partial charge on any atom is -0.389 e. The molecule has 14 heavy (non-hydrogen) atoms. The van der Waals surface area contributed by atoms with Gasteiger partial charge in [-0.2, -0.15) is 0 Å². The molecule has 0 amide bonds. The SMILES string of the molecule is CC(C)(O)CN1CCCC2CNCC21. The third-order valence-corrected chi connectivity index (χ3v) is 3.38. The van der Waals surface area contributed by atoms with Gasteiger partial charge in [-0.25, -0.2) is 0 Å². The molecule has 0 spiro atoms. The first-order chi connectivity index (χ1) is 6.56. The molecule has 2 rings (SSSR count). The zero-order valence-electron chi connectivity index (χ0n) is 9.29. The van der Waals surface area contributed by atoms with Crippen molar-refractivity contribution in [1.82, 2.24) is 10.2 Å². The molecular formula is C11H22N2O. The predicted octanol–water partition coefficient (Wildman–Crippen LogP) is 0.441. The predicted molar refractivity (Wildman–Crippen MR) is 57.3 cm³/mol. The number of rotatable bonds is 2. The summed E-state index contributed by atoms with van der Waals surface area (Å²) in [5.74, 6) is 0.825. The van der Waals surface area contributed by atoms with E-state index in [-0.39, 0.29) is 0 Å². The fourth-order valence-electron chi connectivity index (χ4n) is 2.86. The number of aliphatic hydroxyl groups is 1. The molecule has 82 valence electrons. The largest absolute Gasteiger partial charge is 0.389 e. The van der Waals surface area contributed by atoms with Crippen LogP contribution in [0.4, 0.5) is 0 Å². The normalized spacial score (nSPS) is 34.5. The summed E-state index contributed by atoms with van der Waals surface area (Å²) in [6.45, 7) is 8.06. The van der Waals surface area contributed by atoms with Crippen molar-refractivity contribution >= 4 is 0 Å². The van der Waals surface area contributed by atoms with Crippen LogP contribution in [0, 0.1) is 5.92 Å². The monoisotopic (exact) mass is 198 g/mol. The van der Waals surface area contributed by atoms with Crippen molar-refractivity contribution in [2.24, 2.45) is 5.92 Å². The second-order valence-electron chi connectivity index (χ2n) is 5.41.